The van der Waals surface area contributed by atoms with Gasteiger partial charge in [0.2, 0.25) is 0 Å². The van der Waals surface area contributed by atoms with E-state index in [4.69, 9.17) is 5.73 Å². The summed E-state index contributed by atoms with van der Waals surface area (Å²) in [5, 5.41) is 3.19. The maximum Gasteiger partial charge on any atom is 0.251 e. The lowest BCUT2D eigenvalue weighted by atomic mass is 10.0. The largest absolute Gasteiger partial charge is 0.398 e. The second kappa shape index (κ2) is 9.05. The van der Waals surface area contributed by atoms with Crippen molar-refractivity contribution >= 4 is 23.4 Å². The van der Waals surface area contributed by atoms with Crippen molar-refractivity contribution in [3.05, 3.63) is 48.3 Å². The van der Waals surface area contributed by atoms with Crippen LogP contribution in [0.1, 0.15) is 23.2 Å². The molecule has 26 heavy (non-hydrogen) atoms. The third-order valence-electron chi connectivity index (χ3n) is 4.82. The number of likely N-dealkylation sites (tertiary alicyclic amines) is 1. The van der Waals surface area contributed by atoms with Crippen molar-refractivity contribution in [1.29, 1.82) is 0 Å². The van der Waals surface area contributed by atoms with E-state index < -0.39 is 0 Å². The number of piperidine rings is 1. The van der Waals surface area contributed by atoms with Gasteiger partial charge in [-0.2, -0.15) is 11.8 Å². The van der Waals surface area contributed by atoms with Crippen LogP contribution in [0, 0.1) is 0 Å². The molecule has 3 N–H and O–H groups in total. The summed E-state index contributed by atoms with van der Waals surface area (Å²) in [7, 11) is 0. The minimum Gasteiger partial charge on any atom is -0.398 e. The van der Waals surface area contributed by atoms with Crippen molar-refractivity contribution in [3.8, 4) is 11.1 Å². The number of thioether (sulfide) groups is 1. The molecule has 1 aliphatic heterocycles. The third-order valence-corrected chi connectivity index (χ3v) is 5.42. The Bertz CT molecular complexity index is 744. The summed E-state index contributed by atoms with van der Waals surface area (Å²) >= 11 is 1.88. The molecule has 0 atom stereocenters. The number of hydrogen-bond donors (Lipinski definition) is 2. The molecule has 0 radical (unpaired) electrons. The number of nitrogens with one attached hydrogen (secondary N) is 1. The Hall–Kier alpha value is -2.05. The number of rotatable bonds is 6. The van der Waals surface area contributed by atoms with Crippen molar-refractivity contribution in [2.45, 2.75) is 18.9 Å². The zero-order chi connectivity index (χ0) is 18.4. The number of amides is 1. The quantitative estimate of drug-likeness (QED) is 0.818. The van der Waals surface area contributed by atoms with Gasteiger partial charge < -0.3 is 16.0 Å². The topological polar surface area (TPSA) is 71.2 Å². The fourth-order valence-corrected chi connectivity index (χ4v) is 3.71. The monoisotopic (exact) mass is 370 g/mol. The highest BCUT2D eigenvalue weighted by Gasteiger charge is 2.21. The second-order valence-corrected chi connectivity index (χ2v) is 7.61. The van der Waals surface area contributed by atoms with Crippen LogP contribution in [0.15, 0.2) is 42.7 Å². The Morgan fingerprint density at radius 3 is 2.88 bits per heavy atom. The van der Waals surface area contributed by atoms with Crippen LogP contribution in [0.3, 0.4) is 0 Å². The summed E-state index contributed by atoms with van der Waals surface area (Å²) in [5.41, 5.74) is 9.12. The fraction of sp³-hybridized carbons (Fsp3) is 0.400. The number of carbonyl (C=O) groups excluding carboxylic acids is 1. The lowest BCUT2D eigenvalue weighted by Crippen LogP contribution is -2.45. The summed E-state index contributed by atoms with van der Waals surface area (Å²) in [6.07, 6.45) is 7.56. The average Bonchev–Trinajstić information content (AvgIpc) is 2.68. The first-order valence-corrected chi connectivity index (χ1v) is 10.4. The second-order valence-electron chi connectivity index (χ2n) is 6.63. The number of nitrogen functional groups attached to an aromatic ring is 1. The first-order chi connectivity index (χ1) is 12.7. The van der Waals surface area contributed by atoms with Crippen molar-refractivity contribution in [3.63, 3.8) is 0 Å². The van der Waals surface area contributed by atoms with Crippen LogP contribution in [0.4, 0.5) is 5.69 Å². The highest BCUT2D eigenvalue weighted by atomic mass is 32.2. The summed E-state index contributed by atoms with van der Waals surface area (Å²) in [6.45, 7) is 3.24. The molecule has 2 aromatic rings. The van der Waals surface area contributed by atoms with Gasteiger partial charge in [-0.05, 0) is 42.9 Å². The Morgan fingerprint density at radius 2 is 2.15 bits per heavy atom. The Kier molecular flexibility index (Phi) is 6.52. The van der Waals surface area contributed by atoms with Crippen molar-refractivity contribution in [1.82, 2.24) is 15.2 Å². The highest BCUT2D eigenvalue weighted by molar-refractivity contribution is 7.98. The number of benzene rings is 1. The van der Waals surface area contributed by atoms with Gasteiger partial charge in [0.05, 0.1) is 0 Å². The maximum absolute atomic E-state index is 12.7. The molecule has 1 aromatic carbocycles. The van der Waals surface area contributed by atoms with Gasteiger partial charge in [0, 0.05) is 60.6 Å². The molecule has 1 saturated heterocycles. The van der Waals surface area contributed by atoms with E-state index in [-0.39, 0.29) is 11.9 Å². The SMILES string of the molecule is CSCCN1CCC(NC(=O)c2cccc(-c3cnccc3N)c2)CC1. The van der Waals surface area contributed by atoms with E-state index in [0.717, 1.165) is 43.6 Å². The van der Waals surface area contributed by atoms with Crippen LogP contribution in [-0.4, -0.2) is 53.5 Å². The van der Waals surface area contributed by atoms with Gasteiger partial charge in [-0.3, -0.25) is 9.78 Å². The maximum atomic E-state index is 12.7. The van der Waals surface area contributed by atoms with Gasteiger partial charge in [0.25, 0.3) is 5.91 Å². The predicted molar refractivity (Wildman–Crippen MR) is 109 cm³/mol. The Balaban J connectivity index is 1.61. The smallest absolute Gasteiger partial charge is 0.251 e. The molecule has 6 heteroatoms. The van der Waals surface area contributed by atoms with Crippen LogP contribution < -0.4 is 11.1 Å². The van der Waals surface area contributed by atoms with E-state index in [1.54, 1.807) is 18.5 Å². The van der Waals surface area contributed by atoms with Gasteiger partial charge in [0.15, 0.2) is 0 Å². The molecule has 2 heterocycles. The number of pyridine rings is 1. The van der Waals surface area contributed by atoms with Crippen LogP contribution >= 0.6 is 11.8 Å². The number of hydrogen-bond acceptors (Lipinski definition) is 5. The fourth-order valence-electron chi connectivity index (χ4n) is 3.26. The van der Waals surface area contributed by atoms with E-state index in [1.807, 2.05) is 36.0 Å². The number of nitrogens with two attached hydrogens (primary N) is 1. The molecule has 0 spiro atoms. The molecule has 0 unspecified atom stereocenters. The van der Waals surface area contributed by atoms with Gasteiger partial charge in [-0.1, -0.05) is 12.1 Å². The Morgan fingerprint density at radius 1 is 1.35 bits per heavy atom. The average molecular weight is 371 g/mol. The molecule has 1 fully saturated rings. The molecule has 0 saturated carbocycles. The van der Waals surface area contributed by atoms with E-state index in [2.05, 4.69) is 21.5 Å². The first kappa shape index (κ1) is 18.7. The highest BCUT2D eigenvalue weighted by Crippen LogP contribution is 2.25. The molecular weight excluding hydrogens is 344 g/mol. The molecule has 1 amide bonds. The van der Waals surface area contributed by atoms with Crippen molar-refractivity contribution in [2.24, 2.45) is 0 Å². The first-order valence-electron chi connectivity index (χ1n) is 8.99. The van der Waals surface area contributed by atoms with E-state index in [9.17, 15) is 4.79 Å². The molecular formula is C20H26N4OS. The van der Waals surface area contributed by atoms with Crippen LogP contribution in [-0.2, 0) is 0 Å². The van der Waals surface area contributed by atoms with Crippen LogP contribution in [0.25, 0.3) is 11.1 Å². The molecule has 0 aliphatic carbocycles. The minimum absolute atomic E-state index is 0.0168. The number of nitrogens with zero attached hydrogens (tertiary/aromatic N) is 2. The Labute approximate surface area is 159 Å². The van der Waals surface area contributed by atoms with Crippen LogP contribution in [0.2, 0.25) is 0 Å². The van der Waals surface area contributed by atoms with Crippen molar-refractivity contribution < 1.29 is 4.79 Å². The zero-order valence-corrected chi connectivity index (χ0v) is 16.0. The standard InChI is InChI=1S/C20H26N4OS/c1-26-12-11-24-9-6-17(7-10-24)23-20(25)16-4-2-3-15(13-16)18-14-22-8-5-19(18)21/h2-5,8,13-14,17H,6-7,9-12H2,1H3,(H2,21,22)(H,23,25). The van der Waals surface area contributed by atoms with Gasteiger partial charge in [-0.25, -0.2) is 0 Å². The summed E-state index contributed by atoms with van der Waals surface area (Å²) < 4.78 is 0. The third kappa shape index (κ3) is 4.77. The molecule has 3 rings (SSSR count). The number of aromatic nitrogens is 1. The van der Waals surface area contributed by atoms with Crippen LogP contribution in [0.5, 0.6) is 0 Å². The van der Waals surface area contributed by atoms with Gasteiger partial charge >= 0.3 is 0 Å². The summed E-state index contributed by atoms with van der Waals surface area (Å²) in [5.74, 6) is 1.15. The van der Waals surface area contributed by atoms with Gasteiger partial charge in [-0.15, -0.1) is 0 Å². The normalized spacial score (nSPS) is 15.7. The summed E-state index contributed by atoms with van der Waals surface area (Å²) in [6, 6.07) is 9.60. The molecule has 5 nitrogen and oxygen atoms in total. The predicted octanol–water partition coefficient (Wildman–Crippen LogP) is 2.89. The van der Waals surface area contributed by atoms with E-state index in [0.29, 0.717) is 11.3 Å². The summed E-state index contributed by atoms with van der Waals surface area (Å²) in [4.78, 5) is 19.3. The lowest BCUT2D eigenvalue weighted by Gasteiger charge is -2.32. The molecule has 1 aliphatic rings. The number of carbonyl (C=O) groups is 1. The minimum atomic E-state index is -0.0168. The lowest BCUT2D eigenvalue weighted by molar-refractivity contribution is 0.0913. The van der Waals surface area contributed by atoms with Gasteiger partial charge in [0.1, 0.15) is 0 Å². The molecule has 1 aromatic heterocycles. The van der Waals surface area contributed by atoms with Crippen molar-refractivity contribution in [2.75, 3.05) is 37.4 Å². The zero-order valence-electron chi connectivity index (χ0n) is 15.1. The van der Waals surface area contributed by atoms with E-state index in [1.165, 1.54) is 5.75 Å². The number of anilines is 1. The molecule has 0 bridgehead atoms. The van der Waals surface area contributed by atoms with E-state index >= 15 is 0 Å². The molecule has 138 valence electrons.